The van der Waals surface area contributed by atoms with Crippen LogP contribution in [0.15, 0.2) is 48.5 Å². The fraction of sp³-hybridized carbons (Fsp3) is 0.571. The SMILES string of the molecule is CC(C)C(C)(C)c1ccc(C(c2ccc(C(C)(C)C(C)C)cc2)[C@@H]2CSCN2)cc1. The topological polar surface area (TPSA) is 12.0 Å². The molecule has 0 bridgehead atoms. The van der Waals surface area contributed by atoms with Crippen molar-refractivity contribution in [1.82, 2.24) is 5.32 Å². The maximum atomic E-state index is 3.74. The van der Waals surface area contributed by atoms with Gasteiger partial charge in [-0.3, -0.25) is 0 Å². The zero-order valence-electron chi connectivity index (χ0n) is 20.3. The van der Waals surface area contributed by atoms with Gasteiger partial charge in [-0.05, 0) is 44.9 Å². The highest BCUT2D eigenvalue weighted by atomic mass is 32.2. The Hall–Kier alpha value is -1.25. The summed E-state index contributed by atoms with van der Waals surface area (Å²) in [4.78, 5) is 0. The van der Waals surface area contributed by atoms with Crippen molar-refractivity contribution in [2.75, 3.05) is 11.6 Å². The van der Waals surface area contributed by atoms with E-state index in [9.17, 15) is 0 Å². The monoisotopic (exact) mass is 423 g/mol. The van der Waals surface area contributed by atoms with Gasteiger partial charge < -0.3 is 5.32 Å². The molecule has 1 saturated heterocycles. The zero-order chi connectivity index (χ0) is 22.1. The van der Waals surface area contributed by atoms with E-state index < -0.39 is 0 Å². The van der Waals surface area contributed by atoms with Gasteiger partial charge in [-0.25, -0.2) is 0 Å². The zero-order valence-corrected chi connectivity index (χ0v) is 21.1. The first-order valence-electron chi connectivity index (χ1n) is 11.6. The predicted octanol–water partition coefficient (Wildman–Crippen LogP) is 7.35. The molecular formula is C28H41NS. The summed E-state index contributed by atoms with van der Waals surface area (Å²) in [5, 5.41) is 3.74. The van der Waals surface area contributed by atoms with E-state index >= 15 is 0 Å². The molecule has 1 heterocycles. The molecule has 0 aliphatic carbocycles. The first kappa shape index (κ1) is 23.4. The molecule has 2 aromatic carbocycles. The first-order chi connectivity index (χ1) is 14.0. The molecule has 3 rings (SSSR count). The molecule has 1 atom stereocenters. The van der Waals surface area contributed by atoms with E-state index in [0.717, 1.165) is 5.88 Å². The third-order valence-corrected chi connectivity index (χ3v) is 9.03. The third-order valence-electron chi connectivity index (χ3n) is 8.06. The lowest BCUT2D eigenvalue weighted by Gasteiger charge is -2.32. The second-order valence-corrected chi connectivity index (χ2v) is 11.8. The molecule has 0 amide bonds. The fourth-order valence-electron chi connectivity index (χ4n) is 4.19. The number of thioether (sulfide) groups is 1. The minimum absolute atomic E-state index is 0.194. The Labute approximate surface area is 189 Å². The molecule has 0 spiro atoms. The van der Waals surface area contributed by atoms with Crippen LogP contribution < -0.4 is 5.32 Å². The lowest BCUT2D eigenvalue weighted by atomic mass is 9.73. The number of benzene rings is 2. The molecule has 30 heavy (non-hydrogen) atoms. The van der Waals surface area contributed by atoms with E-state index in [4.69, 9.17) is 0 Å². The molecule has 1 aliphatic heterocycles. The summed E-state index contributed by atoms with van der Waals surface area (Å²) < 4.78 is 0. The Morgan fingerprint density at radius 1 is 0.733 bits per heavy atom. The standard InChI is InChI=1S/C28H41NS/c1-19(2)27(5,6)23-13-9-21(10-14-23)26(25-17-30-18-29-25)22-11-15-24(16-12-22)28(7,8)20(3)4/h9-16,19-20,25-26,29H,17-18H2,1-8H3/t25-/m0/s1. The highest BCUT2D eigenvalue weighted by Crippen LogP contribution is 2.37. The molecule has 2 heteroatoms. The van der Waals surface area contributed by atoms with Crippen molar-refractivity contribution in [2.24, 2.45) is 11.8 Å². The largest absolute Gasteiger partial charge is 0.303 e. The normalized spacial score (nSPS) is 18.0. The Morgan fingerprint density at radius 2 is 1.13 bits per heavy atom. The van der Waals surface area contributed by atoms with Crippen LogP contribution in [0.1, 0.15) is 83.6 Å². The molecule has 0 radical (unpaired) electrons. The van der Waals surface area contributed by atoms with Crippen LogP contribution in [-0.4, -0.2) is 17.7 Å². The highest BCUT2D eigenvalue weighted by molar-refractivity contribution is 7.99. The van der Waals surface area contributed by atoms with Crippen molar-refractivity contribution >= 4 is 11.8 Å². The first-order valence-corrected chi connectivity index (χ1v) is 12.7. The molecule has 0 aromatic heterocycles. The van der Waals surface area contributed by atoms with Crippen LogP contribution >= 0.6 is 11.8 Å². The minimum atomic E-state index is 0.194. The number of nitrogens with one attached hydrogen (secondary N) is 1. The van der Waals surface area contributed by atoms with Gasteiger partial charge >= 0.3 is 0 Å². The summed E-state index contributed by atoms with van der Waals surface area (Å²) in [7, 11) is 0. The average Bonchev–Trinajstić information content (AvgIpc) is 3.23. The Bertz CT molecular complexity index is 745. The number of hydrogen-bond acceptors (Lipinski definition) is 2. The molecular weight excluding hydrogens is 382 g/mol. The summed E-state index contributed by atoms with van der Waals surface area (Å²) in [6.07, 6.45) is 0. The van der Waals surface area contributed by atoms with Gasteiger partial charge in [-0.1, -0.05) is 104 Å². The average molecular weight is 424 g/mol. The van der Waals surface area contributed by atoms with Gasteiger partial charge in [0.2, 0.25) is 0 Å². The molecule has 0 unspecified atom stereocenters. The third kappa shape index (κ3) is 4.65. The van der Waals surface area contributed by atoms with Crippen molar-refractivity contribution in [2.45, 2.75) is 78.2 Å². The summed E-state index contributed by atoms with van der Waals surface area (Å²) >= 11 is 2.01. The van der Waals surface area contributed by atoms with E-state index in [1.807, 2.05) is 11.8 Å². The Kier molecular flexibility index (Phi) is 7.09. The van der Waals surface area contributed by atoms with Gasteiger partial charge in [0.1, 0.15) is 0 Å². The second kappa shape index (κ2) is 9.09. The molecule has 1 aliphatic rings. The van der Waals surface area contributed by atoms with Gasteiger partial charge in [0.05, 0.1) is 0 Å². The summed E-state index contributed by atoms with van der Waals surface area (Å²) in [6, 6.07) is 19.4. The molecule has 0 saturated carbocycles. The van der Waals surface area contributed by atoms with Crippen LogP contribution in [0.3, 0.4) is 0 Å². The maximum absolute atomic E-state index is 3.74. The molecule has 1 fully saturated rings. The van der Waals surface area contributed by atoms with Crippen molar-refractivity contribution in [3.63, 3.8) is 0 Å². The van der Waals surface area contributed by atoms with Crippen LogP contribution in [0.4, 0.5) is 0 Å². The van der Waals surface area contributed by atoms with E-state index in [1.165, 1.54) is 28.0 Å². The van der Waals surface area contributed by atoms with E-state index in [1.54, 1.807) is 0 Å². The molecule has 2 aromatic rings. The van der Waals surface area contributed by atoms with Crippen molar-refractivity contribution < 1.29 is 0 Å². The summed E-state index contributed by atoms with van der Waals surface area (Å²) in [6.45, 7) is 18.7. The van der Waals surface area contributed by atoms with Crippen LogP contribution in [-0.2, 0) is 10.8 Å². The molecule has 164 valence electrons. The van der Waals surface area contributed by atoms with Gasteiger partial charge in [0.15, 0.2) is 0 Å². The van der Waals surface area contributed by atoms with Crippen LogP contribution in [0.25, 0.3) is 0 Å². The molecule has 1 nitrogen and oxygen atoms in total. The van der Waals surface area contributed by atoms with Gasteiger partial charge in [0, 0.05) is 23.6 Å². The summed E-state index contributed by atoms with van der Waals surface area (Å²) in [5.74, 6) is 3.85. The van der Waals surface area contributed by atoms with Crippen molar-refractivity contribution in [3.8, 4) is 0 Å². The van der Waals surface area contributed by atoms with Crippen LogP contribution in [0.2, 0.25) is 0 Å². The van der Waals surface area contributed by atoms with Gasteiger partial charge in [0.25, 0.3) is 0 Å². The number of rotatable bonds is 7. The molecule has 1 N–H and O–H groups in total. The maximum Gasteiger partial charge on any atom is 0.0421 e. The smallest absolute Gasteiger partial charge is 0.0421 e. The van der Waals surface area contributed by atoms with E-state index in [0.29, 0.717) is 23.8 Å². The fourth-order valence-corrected chi connectivity index (χ4v) is 5.20. The predicted molar refractivity (Wildman–Crippen MR) is 135 cm³/mol. The van der Waals surface area contributed by atoms with Crippen molar-refractivity contribution in [1.29, 1.82) is 0 Å². The highest BCUT2D eigenvalue weighted by Gasteiger charge is 2.30. The minimum Gasteiger partial charge on any atom is -0.303 e. The van der Waals surface area contributed by atoms with E-state index in [-0.39, 0.29) is 10.8 Å². The Morgan fingerprint density at radius 3 is 1.43 bits per heavy atom. The van der Waals surface area contributed by atoms with Crippen LogP contribution in [0, 0.1) is 11.8 Å². The van der Waals surface area contributed by atoms with Crippen molar-refractivity contribution in [3.05, 3.63) is 70.8 Å². The number of hydrogen-bond donors (Lipinski definition) is 1. The van der Waals surface area contributed by atoms with E-state index in [2.05, 4.69) is 109 Å². The quantitative estimate of drug-likeness (QED) is 0.499. The second-order valence-electron chi connectivity index (χ2n) is 10.8. The lowest BCUT2D eigenvalue weighted by molar-refractivity contribution is 0.372. The van der Waals surface area contributed by atoms with Gasteiger partial charge in [-0.15, -0.1) is 11.8 Å². The van der Waals surface area contributed by atoms with Crippen LogP contribution in [0.5, 0.6) is 0 Å². The lowest BCUT2D eigenvalue weighted by Crippen LogP contribution is -2.32. The summed E-state index contributed by atoms with van der Waals surface area (Å²) in [5.41, 5.74) is 6.10. The van der Waals surface area contributed by atoms with Gasteiger partial charge in [-0.2, -0.15) is 0 Å². The Balaban J connectivity index is 1.95.